The zero-order valence-corrected chi connectivity index (χ0v) is 15.6. The maximum atomic E-state index is 12.4. The molecule has 0 spiro atoms. The Balaban J connectivity index is 2.07. The lowest BCUT2D eigenvalue weighted by atomic mass is 10.2. The van der Waals surface area contributed by atoms with Gasteiger partial charge in [0, 0.05) is 19.2 Å². The summed E-state index contributed by atoms with van der Waals surface area (Å²) in [5, 5.41) is 5.99. The van der Waals surface area contributed by atoms with Gasteiger partial charge >= 0.3 is 0 Å². The van der Waals surface area contributed by atoms with Gasteiger partial charge in [0.05, 0.1) is 16.6 Å². The van der Waals surface area contributed by atoms with Gasteiger partial charge in [-0.1, -0.05) is 12.1 Å². The molecular formula is C18H23N3O3S. The summed E-state index contributed by atoms with van der Waals surface area (Å²) in [5.41, 5.74) is 2.44. The van der Waals surface area contributed by atoms with Gasteiger partial charge in [-0.05, 0) is 50.6 Å². The van der Waals surface area contributed by atoms with Gasteiger partial charge in [-0.2, -0.15) is 0 Å². The first kappa shape index (κ1) is 18.9. The summed E-state index contributed by atoms with van der Waals surface area (Å²) in [6.45, 7) is 6.94. The van der Waals surface area contributed by atoms with Gasteiger partial charge in [0.2, 0.25) is 5.91 Å². The van der Waals surface area contributed by atoms with Gasteiger partial charge in [0.1, 0.15) is 0 Å². The van der Waals surface area contributed by atoms with E-state index in [2.05, 4.69) is 15.6 Å². The summed E-state index contributed by atoms with van der Waals surface area (Å²) in [6.07, 6.45) is 1.51. The number of benzene rings is 1. The van der Waals surface area contributed by atoms with Crippen LogP contribution in [0.1, 0.15) is 33.3 Å². The van der Waals surface area contributed by atoms with Gasteiger partial charge in [-0.15, -0.1) is 0 Å². The Morgan fingerprint density at radius 2 is 1.84 bits per heavy atom. The smallest absolute Gasteiger partial charge is 0.221 e. The molecule has 1 amide bonds. The van der Waals surface area contributed by atoms with E-state index < -0.39 is 14.6 Å². The van der Waals surface area contributed by atoms with Crippen molar-refractivity contribution in [2.45, 2.75) is 44.0 Å². The van der Waals surface area contributed by atoms with E-state index in [-0.39, 0.29) is 10.9 Å². The first-order valence-corrected chi connectivity index (χ1v) is 9.39. The summed E-state index contributed by atoms with van der Waals surface area (Å²) in [6, 6.07) is 10.7. The number of sulfone groups is 1. The van der Waals surface area contributed by atoms with Crippen LogP contribution in [0.25, 0.3) is 0 Å². The predicted octanol–water partition coefficient (Wildman–Crippen LogP) is 3.22. The minimum Gasteiger partial charge on any atom is -0.380 e. The van der Waals surface area contributed by atoms with Crippen molar-refractivity contribution in [3.05, 3.63) is 48.2 Å². The van der Waals surface area contributed by atoms with E-state index in [9.17, 15) is 13.2 Å². The molecule has 0 saturated carbocycles. The topological polar surface area (TPSA) is 88.2 Å². The molecule has 0 fully saturated rings. The van der Waals surface area contributed by atoms with Gasteiger partial charge in [0.25, 0.3) is 0 Å². The summed E-state index contributed by atoms with van der Waals surface area (Å²) in [5.74, 6) is -0.120. The monoisotopic (exact) mass is 361 g/mol. The average molecular weight is 361 g/mol. The van der Waals surface area contributed by atoms with Crippen molar-refractivity contribution >= 4 is 27.1 Å². The highest BCUT2D eigenvalue weighted by molar-refractivity contribution is 7.92. The number of pyridine rings is 1. The molecule has 0 aliphatic rings. The number of anilines is 2. The van der Waals surface area contributed by atoms with Crippen molar-refractivity contribution in [3.63, 3.8) is 0 Å². The Labute approximate surface area is 148 Å². The SMILES string of the molecule is CC(=O)Nc1cccc(CNc2ccc(S(=O)(=O)C(C)(C)C)nc2)c1. The largest absolute Gasteiger partial charge is 0.380 e. The van der Waals surface area contributed by atoms with E-state index in [0.29, 0.717) is 6.54 Å². The maximum Gasteiger partial charge on any atom is 0.221 e. The van der Waals surface area contributed by atoms with E-state index >= 15 is 0 Å². The summed E-state index contributed by atoms with van der Waals surface area (Å²) >= 11 is 0. The van der Waals surface area contributed by atoms with Crippen molar-refractivity contribution in [3.8, 4) is 0 Å². The van der Waals surface area contributed by atoms with Crippen LogP contribution in [0.4, 0.5) is 11.4 Å². The first-order chi connectivity index (χ1) is 11.6. The molecule has 0 aliphatic carbocycles. The highest BCUT2D eigenvalue weighted by Crippen LogP contribution is 2.24. The fourth-order valence-electron chi connectivity index (χ4n) is 2.12. The lowest BCUT2D eigenvalue weighted by Gasteiger charge is -2.18. The van der Waals surface area contributed by atoms with E-state index in [4.69, 9.17) is 0 Å². The van der Waals surface area contributed by atoms with Crippen molar-refractivity contribution in [2.75, 3.05) is 10.6 Å². The van der Waals surface area contributed by atoms with Crippen molar-refractivity contribution in [1.82, 2.24) is 4.98 Å². The molecule has 0 saturated heterocycles. The molecule has 1 heterocycles. The highest BCUT2D eigenvalue weighted by Gasteiger charge is 2.31. The first-order valence-electron chi connectivity index (χ1n) is 7.91. The lowest BCUT2D eigenvalue weighted by molar-refractivity contribution is -0.114. The summed E-state index contributed by atoms with van der Waals surface area (Å²) in [7, 11) is -3.46. The molecular weight excluding hydrogens is 338 g/mol. The fourth-order valence-corrected chi connectivity index (χ4v) is 3.19. The zero-order valence-electron chi connectivity index (χ0n) is 14.8. The molecule has 6 nitrogen and oxygen atoms in total. The molecule has 0 atom stereocenters. The van der Waals surface area contributed by atoms with Crippen LogP contribution in [0.2, 0.25) is 0 Å². The third kappa shape index (κ3) is 4.79. The minimum atomic E-state index is -3.46. The quantitative estimate of drug-likeness (QED) is 0.854. The Bertz CT molecular complexity index is 854. The second kappa shape index (κ2) is 7.23. The van der Waals surface area contributed by atoms with E-state index in [0.717, 1.165) is 16.9 Å². The molecule has 2 N–H and O–H groups in total. The molecule has 2 rings (SSSR count). The van der Waals surface area contributed by atoms with Gasteiger partial charge in [0.15, 0.2) is 14.9 Å². The van der Waals surface area contributed by atoms with Crippen LogP contribution in [-0.2, 0) is 21.2 Å². The van der Waals surface area contributed by atoms with Gasteiger partial charge in [-0.3, -0.25) is 4.79 Å². The van der Waals surface area contributed by atoms with E-state index in [1.807, 2.05) is 24.3 Å². The third-order valence-electron chi connectivity index (χ3n) is 3.56. The molecule has 0 unspecified atom stereocenters. The van der Waals surface area contributed by atoms with Crippen LogP contribution in [-0.4, -0.2) is 24.1 Å². The number of nitrogens with zero attached hydrogens (tertiary/aromatic N) is 1. The highest BCUT2D eigenvalue weighted by atomic mass is 32.2. The van der Waals surface area contributed by atoms with Crippen LogP contribution in [0, 0.1) is 0 Å². The molecule has 0 bridgehead atoms. The Morgan fingerprint density at radius 1 is 1.12 bits per heavy atom. The molecule has 1 aromatic heterocycles. The van der Waals surface area contributed by atoms with Gasteiger partial charge in [-0.25, -0.2) is 13.4 Å². The number of nitrogens with one attached hydrogen (secondary N) is 2. The molecule has 1 aromatic carbocycles. The molecule has 2 aromatic rings. The lowest BCUT2D eigenvalue weighted by Crippen LogP contribution is -2.28. The minimum absolute atomic E-state index is 0.0678. The number of carbonyl (C=O) groups is 1. The van der Waals surface area contributed by atoms with Gasteiger partial charge < -0.3 is 10.6 Å². The van der Waals surface area contributed by atoms with E-state index in [1.165, 1.54) is 19.2 Å². The molecule has 25 heavy (non-hydrogen) atoms. The maximum absolute atomic E-state index is 12.4. The Hall–Kier alpha value is -2.41. The van der Waals surface area contributed by atoms with Crippen molar-refractivity contribution < 1.29 is 13.2 Å². The van der Waals surface area contributed by atoms with Crippen LogP contribution >= 0.6 is 0 Å². The number of carbonyl (C=O) groups excluding carboxylic acids is 1. The number of aromatic nitrogens is 1. The van der Waals surface area contributed by atoms with Crippen LogP contribution in [0.15, 0.2) is 47.6 Å². The Morgan fingerprint density at radius 3 is 2.40 bits per heavy atom. The standard InChI is InChI=1S/C18H23N3O3S/c1-13(22)21-15-7-5-6-14(10-15)11-19-16-8-9-17(20-12-16)25(23,24)18(2,3)4/h5-10,12,19H,11H2,1-4H3,(H,21,22). The fraction of sp³-hybridized carbons (Fsp3) is 0.333. The second-order valence-corrected chi connectivity index (χ2v) is 9.39. The predicted molar refractivity (Wildman–Crippen MR) is 99.2 cm³/mol. The number of hydrogen-bond acceptors (Lipinski definition) is 5. The normalized spacial score (nSPS) is 11.8. The molecule has 0 aliphatic heterocycles. The van der Waals surface area contributed by atoms with Crippen LogP contribution < -0.4 is 10.6 Å². The van der Waals surface area contributed by atoms with Crippen LogP contribution in [0.3, 0.4) is 0 Å². The second-order valence-electron chi connectivity index (χ2n) is 6.74. The third-order valence-corrected chi connectivity index (χ3v) is 5.97. The van der Waals surface area contributed by atoms with Crippen molar-refractivity contribution in [2.24, 2.45) is 0 Å². The molecule has 0 radical (unpaired) electrons. The van der Waals surface area contributed by atoms with Crippen LogP contribution in [0.5, 0.6) is 0 Å². The summed E-state index contributed by atoms with van der Waals surface area (Å²) < 4.78 is 23.8. The van der Waals surface area contributed by atoms with E-state index in [1.54, 1.807) is 26.8 Å². The zero-order chi connectivity index (χ0) is 18.7. The number of amides is 1. The average Bonchev–Trinajstić information content (AvgIpc) is 2.52. The number of hydrogen-bond donors (Lipinski definition) is 2. The molecule has 134 valence electrons. The summed E-state index contributed by atoms with van der Waals surface area (Å²) in [4.78, 5) is 15.2. The number of rotatable bonds is 5. The Kier molecular flexibility index (Phi) is 5.47. The van der Waals surface area contributed by atoms with Crippen molar-refractivity contribution in [1.29, 1.82) is 0 Å². The molecule has 7 heteroatoms.